The Balaban J connectivity index is 2.32. The molecule has 1 aliphatic heterocycles. The molecular weight excluding hydrogens is 308 g/mol. The minimum atomic E-state index is -3.44. The summed E-state index contributed by atoms with van der Waals surface area (Å²) in [6.07, 6.45) is 0.914. The predicted octanol–water partition coefficient (Wildman–Crippen LogP) is 2.87. The first-order valence-corrected chi connectivity index (χ1v) is 9.19. The van der Waals surface area contributed by atoms with E-state index in [-0.39, 0.29) is 6.04 Å². The molecule has 1 fully saturated rings. The number of hydrogen-bond acceptors (Lipinski definition) is 3. The monoisotopic (exact) mass is 330 g/mol. The zero-order valence-electron chi connectivity index (χ0n) is 12.8. The predicted molar refractivity (Wildman–Crippen MR) is 86.0 cm³/mol. The Hall–Kier alpha value is -0.620. The SMILES string of the molecule is CCNCc1cc(S(=O)(=O)N2CC(C)CC2C)ccc1Cl. The Labute approximate surface area is 132 Å². The lowest BCUT2D eigenvalue weighted by atomic mass is 10.1. The minimum absolute atomic E-state index is 0.0536. The highest BCUT2D eigenvalue weighted by Gasteiger charge is 2.36. The van der Waals surface area contributed by atoms with Crippen LogP contribution in [0.3, 0.4) is 0 Å². The number of halogens is 1. The molecule has 2 atom stereocenters. The van der Waals surface area contributed by atoms with Crippen LogP contribution in [0.25, 0.3) is 0 Å². The van der Waals surface area contributed by atoms with Gasteiger partial charge in [-0.05, 0) is 49.6 Å². The molecule has 2 unspecified atom stereocenters. The van der Waals surface area contributed by atoms with Crippen molar-refractivity contribution in [3.8, 4) is 0 Å². The van der Waals surface area contributed by atoms with E-state index in [4.69, 9.17) is 11.6 Å². The zero-order chi connectivity index (χ0) is 15.6. The van der Waals surface area contributed by atoms with Crippen molar-refractivity contribution in [3.05, 3.63) is 28.8 Å². The molecule has 6 heteroatoms. The first-order valence-electron chi connectivity index (χ1n) is 7.37. The van der Waals surface area contributed by atoms with Gasteiger partial charge in [-0.3, -0.25) is 0 Å². The molecule has 1 N–H and O–H groups in total. The normalized spacial score (nSPS) is 23.6. The largest absolute Gasteiger partial charge is 0.313 e. The van der Waals surface area contributed by atoms with Crippen molar-refractivity contribution >= 4 is 21.6 Å². The molecule has 0 spiro atoms. The van der Waals surface area contributed by atoms with Gasteiger partial charge in [0, 0.05) is 24.2 Å². The molecular formula is C15H23ClN2O2S. The Morgan fingerprint density at radius 1 is 1.38 bits per heavy atom. The lowest BCUT2D eigenvalue weighted by Gasteiger charge is -2.21. The van der Waals surface area contributed by atoms with Crippen molar-refractivity contribution < 1.29 is 8.42 Å². The van der Waals surface area contributed by atoms with Crippen LogP contribution in [0.15, 0.2) is 23.1 Å². The van der Waals surface area contributed by atoms with Gasteiger partial charge in [0.25, 0.3) is 0 Å². The van der Waals surface area contributed by atoms with Crippen molar-refractivity contribution in [2.75, 3.05) is 13.1 Å². The Kier molecular flexibility index (Phi) is 5.30. The summed E-state index contributed by atoms with van der Waals surface area (Å²) in [6, 6.07) is 5.02. The standard InChI is InChI=1S/C15H23ClN2O2S/c1-4-17-9-13-8-14(5-6-15(13)16)21(19,20)18-10-11(2)7-12(18)3/h5-6,8,11-12,17H,4,7,9-10H2,1-3H3. The second-order valence-electron chi connectivity index (χ2n) is 5.80. The van der Waals surface area contributed by atoms with E-state index < -0.39 is 10.0 Å². The topological polar surface area (TPSA) is 49.4 Å². The van der Waals surface area contributed by atoms with Gasteiger partial charge in [-0.2, -0.15) is 4.31 Å². The highest BCUT2D eigenvalue weighted by Crippen LogP contribution is 2.30. The number of sulfonamides is 1. The summed E-state index contributed by atoms with van der Waals surface area (Å²) in [5, 5.41) is 3.77. The third kappa shape index (κ3) is 3.59. The molecule has 4 nitrogen and oxygen atoms in total. The van der Waals surface area contributed by atoms with Gasteiger partial charge in [-0.25, -0.2) is 8.42 Å². The molecule has 118 valence electrons. The molecule has 0 bridgehead atoms. The zero-order valence-corrected chi connectivity index (χ0v) is 14.3. The van der Waals surface area contributed by atoms with Gasteiger partial charge in [0.15, 0.2) is 0 Å². The maximum Gasteiger partial charge on any atom is 0.243 e. The van der Waals surface area contributed by atoms with E-state index in [0.717, 1.165) is 18.5 Å². The third-order valence-electron chi connectivity index (χ3n) is 3.92. The summed E-state index contributed by atoms with van der Waals surface area (Å²) < 4.78 is 27.2. The number of hydrogen-bond donors (Lipinski definition) is 1. The molecule has 21 heavy (non-hydrogen) atoms. The molecule has 0 radical (unpaired) electrons. The van der Waals surface area contributed by atoms with Gasteiger partial charge in [0.2, 0.25) is 10.0 Å². The average Bonchev–Trinajstić information content (AvgIpc) is 2.77. The molecule has 1 aromatic carbocycles. The molecule has 0 aromatic heterocycles. The van der Waals surface area contributed by atoms with Gasteiger partial charge in [0.05, 0.1) is 4.90 Å². The van der Waals surface area contributed by atoms with Crippen molar-refractivity contribution in [1.82, 2.24) is 9.62 Å². The minimum Gasteiger partial charge on any atom is -0.313 e. The number of nitrogens with zero attached hydrogens (tertiary/aromatic N) is 1. The van der Waals surface area contributed by atoms with Crippen molar-refractivity contribution in [2.24, 2.45) is 5.92 Å². The fraction of sp³-hybridized carbons (Fsp3) is 0.600. The molecule has 1 aromatic rings. The van der Waals surface area contributed by atoms with Crippen LogP contribution in [0.1, 0.15) is 32.8 Å². The second kappa shape index (κ2) is 6.65. The number of rotatable bonds is 5. The summed E-state index contributed by atoms with van der Waals surface area (Å²) >= 11 is 6.15. The third-order valence-corrected chi connectivity index (χ3v) is 6.26. The highest BCUT2D eigenvalue weighted by molar-refractivity contribution is 7.89. The van der Waals surface area contributed by atoms with Gasteiger partial charge in [-0.1, -0.05) is 25.4 Å². The molecule has 2 rings (SSSR count). The summed E-state index contributed by atoms with van der Waals surface area (Å²) in [7, 11) is -3.44. The molecule has 1 heterocycles. The van der Waals surface area contributed by atoms with Crippen LogP contribution < -0.4 is 5.32 Å². The Morgan fingerprint density at radius 2 is 2.10 bits per heavy atom. The van der Waals surface area contributed by atoms with E-state index in [9.17, 15) is 8.42 Å². The fourth-order valence-electron chi connectivity index (χ4n) is 2.84. The summed E-state index contributed by atoms with van der Waals surface area (Å²) in [6.45, 7) is 8.04. The lowest BCUT2D eigenvalue weighted by Crippen LogP contribution is -2.34. The van der Waals surface area contributed by atoms with E-state index >= 15 is 0 Å². The smallest absolute Gasteiger partial charge is 0.243 e. The second-order valence-corrected chi connectivity index (χ2v) is 8.10. The maximum absolute atomic E-state index is 12.8. The van der Waals surface area contributed by atoms with Crippen molar-refractivity contribution in [2.45, 2.75) is 44.7 Å². The summed E-state index contributed by atoms with van der Waals surface area (Å²) in [4.78, 5) is 0.334. The Morgan fingerprint density at radius 3 is 2.67 bits per heavy atom. The molecule has 0 saturated carbocycles. The summed E-state index contributed by atoms with van der Waals surface area (Å²) in [5.74, 6) is 0.406. The van der Waals surface area contributed by atoms with Gasteiger partial charge >= 0.3 is 0 Å². The van der Waals surface area contributed by atoms with Crippen molar-refractivity contribution in [3.63, 3.8) is 0 Å². The van der Waals surface area contributed by atoms with E-state index in [1.165, 1.54) is 0 Å². The quantitative estimate of drug-likeness (QED) is 0.903. The molecule has 1 saturated heterocycles. The summed E-state index contributed by atoms with van der Waals surface area (Å²) in [5.41, 5.74) is 0.819. The van der Waals surface area contributed by atoms with Crippen LogP contribution >= 0.6 is 11.6 Å². The number of nitrogens with one attached hydrogen (secondary N) is 1. The van der Waals surface area contributed by atoms with Crippen LogP contribution in [-0.4, -0.2) is 31.9 Å². The van der Waals surface area contributed by atoms with Crippen LogP contribution in [-0.2, 0) is 16.6 Å². The average molecular weight is 331 g/mol. The lowest BCUT2D eigenvalue weighted by molar-refractivity contribution is 0.405. The van der Waals surface area contributed by atoms with Crippen LogP contribution in [0, 0.1) is 5.92 Å². The van der Waals surface area contributed by atoms with E-state index in [1.807, 2.05) is 13.8 Å². The van der Waals surface area contributed by atoms with E-state index in [0.29, 0.717) is 28.9 Å². The maximum atomic E-state index is 12.8. The van der Waals surface area contributed by atoms with E-state index in [1.54, 1.807) is 22.5 Å². The molecule has 0 amide bonds. The van der Waals surface area contributed by atoms with Crippen LogP contribution in [0.5, 0.6) is 0 Å². The van der Waals surface area contributed by atoms with Gasteiger partial charge in [0.1, 0.15) is 0 Å². The molecule has 0 aliphatic carbocycles. The van der Waals surface area contributed by atoms with Crippen LogP contribution in [0.2, 0.25) is 5.02 Å². The van der Waals surface area contributed by atoms with Gasteiger partial charge < -0.3 is 5.32 Å². The fourth-order valence-corrected chi connectivity index (χ4v) is 4.84. The first-order chi connectivity index (χ1) is 9.86. The Bertz CT molecular complexity index is 604. The number of benzene rings is 1. The van der Waals surface area contributed by atoms with Crippen LogP contribution in [0.4, 0.5) is 0 Å². The highest BCUT2D eigenvalue weighted by atomic mass is 35.5. The van der Waals surface area contributed by atoms with Gasteiger partial charge in [-0.15, -0.1) is 0 Å². The van der Waals surface area contributed by atoms with E-state index in [2.05, 4.69) is 12.2 Å². The van der Waals surface area contributed by atoms with Crippen molar-refractivity contribution in [1.29, 1.82) is 0 Å². The molecule has 1 aliphatic rings. The first kappa shape index (κ1) is 16.7.